The number of benzene rings is 2. The number of halogens is 6. The van der Waals surface area contributed by atoms with Crippen LogP contribution < -0.4 is 14.4 Å². The van der Waals surface area contributed by atoms with Crippen LogP contribution in [-0.4, -0.2) is 50.1 Å². The molecule has 0 bridgehead atoms. The molecule has 2 amide bonds. The second kappa shape index (κ2) is 12.6. The van der Waals surface area contributed by atoms with E-state index in [1.807, 2.05) is 0 Å². The molecule has 42 heavy (non-hydrogen) atoms. The summed E-state index contributed by atoms with van der Waals surface area (Å²) in [6.45, 7) is 6.21. The van der Waals surface area contributed by atoms with Crippen molar-refractivity contribution in [1.82, 2.24) is 4.90 Å². The monoisotopic (exact) mass is 606 g/mol. The Balaban J connectivity index is 2.23. The molecule has 8 nitrogen and oxygen atoms in total. The Morgan fingerprint density at radius 1 is 0.976 bits per heavy atom. The Kier molecular flexibility index (Phi) is 9.78. The topological polar surface area (TPSA) is 77.5 Å². The SMILES string of the molecule is CCOC(=O)N1c2cc(OC)c(OC(C)C)cc2[C@H](N(Cc2cc(C(F)(F)F)cc(C(F)(F)F)c2)C(=O)OC)C[C@@H]1C. The van der Waals surface area contributed by atoms with Gasteiger partial charge in [0.05, 0.1) is 49.8 Å². The summed E-state index contributed by atoms with van der Waals surface area (Å²) in [4.78, 5) is 28.4. The molecule has 3 rings (SSSR count). The first-order chi connectivity index (χ1) is 19.5. The van der Waals surface area contributed by atoms with Crippen LogP contribution in [0.4, 0.5) is 41.6 Å². The molecule has 0 aliphatic carbocycles. The van der Waals surface area contributed by atoms with Crippen molar-refractivity contribution >= 4 is 17.9 Å². The molecular formula is C28H32F6N2O6. The van der Waals surface area contributed by atoms with Gasteiger partial charge < -0.3 is 18.9 Å². The van der Waals surface area contributed by atoms with Crippen LogP contribution >= 0.6 is 0 Å². The smallest absolute Gasteiger partial charge is 0.416 e. The van der Waals surface area contributed by atoms with E-state index in [1.165, 1.54) is 24.1 Å². The van der Waals surface area contributed by atoms with Crippen molar-refractivity contribution < 1.29 is 54.9 Å². The van der Waals surface area contributed by atoms with Gasteiger partial charge in [0, 0.05) is 24.2 Å². The molecule has 1 aliphatic heterocycles. The van der Waals surface area contributed by atoms with Gasteiger partial charge in [-0.05, 0) is 63.9 Å². The Morgan fingerprint density at radius 2 is 1.57 bits per heavy atom. The molecule has 0 spiro atoms. The average molecular weight is 607 g/mol. The summed E-state index contributed by atoms with van der Waals surface area (Å²) in [6.07, 6.45) is -12.1. The van der Waals surface area contributed by atoms with Gasteiger partial charge in [-0.1, -0.05) is 0 Å². The highest BCUT2D eigenvalue weighted by molar-refractivity contribution is 5.91. The molecule has 2 aromatic rings. The third kappa shape index (κ3) is 7.13. The first-order valence-corrected chi connectivity index (χ1v) is 13.0. The second-order valence-corrected chi connectivity index (χ2v) is 9.91. The van der Waals surface area contributed by atoms with Crippen LogP contribution in [0.15, 0.2) is 30.3 Å². The zero-order valence-corrected chi connectivity index (χ0v) is 23.9. The highest BCUT2D eigenvalue weighted by Crippen LogP contribution is 2.47. The van der Waals surface area contributed by atoms with E-state index in [0.717, 1.165) is 12.0 Å². The van der Waals surface area contributed by atoms with Gasteiger partial charge in [0.25, 0.3) is 0 Å². The lowest BCUT2D eigenvalue weighted by Gasteiger charge is -2.42. The maximum Gasteiger partial charge on any atom is 0.416 e. The molecule has 0 fully saturated rings. The van der Waals surface area contributed by atoms with Gasteiger partial charge >= 0.3 is 24.5 Å². The maximum absolute atomic E-state index is 13.6. The number of hydrogen-bond donors (Lipinski definition) is 0. The number of ether oxygens (including phenoxy) is 4. The first-order valence-electron chi connectivity index (χ1n) is 13.0. The van der Waals surface area contributed by atoms with Crippen LogP contribution in [0.5, 0.6) is 11.5 Å². The van der Waals surface area contributed by atoms with Crippen molar-refractivity contribution in [3.63, 3.8) is 0 Å². The standard InChI is InChI=1S/C28H32F6N2O6/c1-7-41-26(38)36-16(4)8-21(20-12-24(42-15(2)3)23(39-5)13-22(20)36)35(25(37)40-6)14-17-9-18(27(29,30)31)11-19(10-17)28(32,33)34/h9-13,15-16,21H,7-8,14H2,1-6H3/t16-,21+/m0/s1. The molecule has 1 heterocycles. The summed E-state index contributed by atoms with van der Waals surface area (Å²) < 4.78 is 103. The van der Waals surface area contributed by atoms with E-state index in [-0.39, 0.29) is 42.4 Å². The molecular weight excluding hydrogens is 574 g/mol. The molecule has 14 heteroatoms. The Labute approximate surface area is 239 Å². The number of hydrogen-bond acceptors (Lipinski definition) is 6. The van der Waals surface area contributed by atoms with Crippen molar-refractivity contribution in [2.45, 2.75) is 71.2 Å². The second-order valence-electron chi connectivity index (χ2n) is 9.91. The van der Waals surface area contributed by atoms with Crippen molar-refractivity contribution in [1.29, 1.82) is 0 Å². The van der Waals surface area contributed by atoms with Crippen LogP contribution in [0.25, 0.3) is 0 Å². The molecule has 0 unspecified atom stereocenters. The predicted octanol–water partition coefficient (Wildman–Crippen LogP) is 7.58. The number of amides is 2. The third-order valence-corrected chi connectivity index (χ3v) is 6.55. The summed E-state index contributed by atoms with van der Waals surface area (Å²) in [7, 11) is 2.43. The zero-order chi connectivity index (χ0) is 31.6. The van der Waals surface area contributed by atoms with E-state index < -0.39 is 59.9 Å². The Morgan fingerprint density at radius 3 is 2.05 bits per heavy atom. The van der Waals surface area contributed by atoms with Crippen molar-refractivity contribution in [2.75, 3.05) is 25.7 Å². The van der Waals surface area contributed by atoms with Gasteiger partial charge in [-0.15, -0.1) is 0 Å². The van der Waals surface area contributed by atoms with Gasteiger partial charge in [0.1, 0.15) is 0 Å². The highest BCUT2D eigenvalue weighted by atomic mass is 19.4. The minimum atomic E-state index is -5.07. The van der Waals surface area contributed by atoms with Crippen LogP contribution in [0.3, 0.4) is 0 Å². The minimum absolute atomic E-state index is 0.0169. The number of fused-ring (bicyclic) bond motifs is 1. The molecule has 0 N–H and O–H groups in total. The van der Waals surface area contributed by atoms with Crippen LogP contribution in [0.1, 0.15) is 62.4 Å². The highest BCUT2D eigenvalue weighted by Gasteiger charge is 2.42. The van der Waals surface area contributed by atoms with Gasteiger partial charge in [0.15, 0.2) is 11.5 Å². The average Bonchev–Trinajstić information content (AvgIpc) is 2.89. The van der Waals surface area contributed by atoms with Crippen molar-refractivity contribution in [3.05, 3.63) is 52.6 Å². The first kappa shape index (κ1) is 32.7. The van der Waals surface area contributed by atoms with Gasteiger partial charge in [-0.25, -0.2) is 9.59 Å². The van der Waals surface area contributed by atoms with Crippen LogP contribution in [0, 0.1) is 0 Å². The predicted molar refractivity (Wildman–Crippen MR) is 139 cm³/mol. The number of anilines is 1. The molecule has 232 valence electrons. The number of rotatable bonds is 7. The van der Waals surface area contributed by atoms with Gasteiger partial charge in [-0.3, -0.25) is 9.80 Å². The molecule has 0 radical (unpaired) electrons. The summed E-state index contributed by atoms with van der Waals surface area (Å²) in [6, 6.07) is 2.59. The number of nitrogens with zero attached hydrogens (tertiary/aromatic N) is 2. The summed E-state index contributed by atoms with van der Waals surface area (Å²) in [5.74, 6) is 0.500. The van der Waals surface area contributed by atoms with Gasteiger partial charge in [-0.2, -0.15) is 26.3 Å². The molecule has 1 aliphatic rings. The molecule has 2 aromatic carbocycles. The summed E-state index contributed by atoms with van der Waals surface area (Å²) >= 11 is 0. The van der Waals surface area contributed by atoms with Crippen molar-refractivity contribution in [3.8, 4) is 11.5 Å². The normalized spacial score (nSPS) is 17.0. The Hall–Kier alpha value is -3.84. The lowest BCUT2D eigenvalue weighted by molar-refractivity contribution is -0.143. The van der Waals surface area contributed by atoms with E-state index in [1.54, 1.807) is 27.7 Å². The van der Waals surface area contributed by atoms with E-state index >= 15 is 0 Å². The van der Waals surface area contributed by atoms with Gasteiger partial charge in [0.2, 0.25) is 0 Å². The van der Waals surface area contributed by atoms with E-state index in [4.69, 9.17) is 18.9 Å². The quantitative estimate of drug-likeness (QED) is 0.303. The Bertz CT molecular complexity index is 1260. The molecule has 0 aromatic heterocycles. The van der Waals surface area contributed by atoms with E-state index in [9.17, 15) is 35.9 Å². The third-order valence-electron chi connectivity index (χ3n) is 6.55. The molecule has 0 saturated carbocycles. The number of carbonyl (C=O) groups is 2. The van der Waals surface area contributed by atoms with Crippen molar-refractivity contribution in [2.24, 2.45) is 0 Å². The largest absolute Gasteiger partial charge is 0.493 e. The fraction of sp³-hybridized carbons (Fsp3) is 0.500. The fourth-order valence-electron chi connectivity index (χ4n) is 4.83. The number of methoxy groups -OCH3 is 2. The molecule has 2 atom stereocenters. The molecule has 0 saturated heterocycles. The lowest BCUT2D eigenvalue weighted by atomic mass is 9.90. The minimum Gasteiger partial charge on any atom is -0.493 e. The van der Waals surface area contributed by atoms with E-state index in [0.29, 0.717) is 17.7 Å². The van der Waals surface area contributed by atoms with Crippen LogP contribution in [0.2, 0.25) is 0 Å². The number of alkyl halides is 6. The zero-order valence-electron chi connectivity index (χ0n) is 23.9. The summed E-state index contributed by atoms with van der Waals surface area (Å²) in [5, 5.41) is 0. The fourth-order valence-corrected chi connectivity index (χ4v) is 4.83. The summed E-state index contributed by atoms with van der Waals surface area (Å²) in [5.41, 5.74) is -2.86. The van der Waals surface area contributed by atoms with Crippen LogP contribution in [-0.2, 0) is 28.4 Å². The van der Waals surface area contributed by atoms with E-state index in [2.05, 4.69) is 0 Å². The maximum atomic E-state index is 13.6. The number of carbonyl (C=O) groups excluding carboxylic acids is 2. The lowest BCUT2D eigenvalue weighted by Crippen LogP contribution is -2.47.